The van der Waals surface area contributed by atoms with Crippen LogP contribution in [0.15, 0.2) is 18.2 Å². The molecule has 0 radical (unpaired) electrons. The molecule has 1 heterocycles. The van der Waals surface area contributed by atoms with Crippen LogP contribution in [0.5, 0.6) is 17.2 Å². The average molecular weight is 453 g/mol. The molecule has 0 saturated heterocycles. The summed E-state index contributed by atoms with van der Waals surface area (Å²) in [7, 11) is 4.49. The predicted molar refractivity (Wildman–Crippen MR) is 112 cm³/mol. The molecular formula is C22H26F3N3O4. The Balaban J connectivity index is 1.64. The van der Waals surface area contributed by atoms with E-state index in [1.807, 2.05) is 0 Å². The number of benzene rings is 1. The third-order valence-electron chi connectivity index (χ3n) is 5.26. The summed E-state index contributed by atoms with van der Waals surface area (Å²) in [6, 6.07) is 3.39. The summed E-state index contributed by atoms with van der Waals surface area (Å²) in [5.74, 6) is 0.972. The summed E-state index contributed by atoms with van der Waals surface area (Å²) < 4.78 is 57.0. The lowest BCUT2D eigenvalue weighted by Crippen LogP contribution is -2.26. The number of aromatic nitrogens is 2. The maximum Gasteiger partial charge on any atom is 0.435 e. The third kappa shape index (κ3) is 5.17. The van der Waals surface area contributed by atoms with Crippen molar-refractivity contribution in [1.29, 1.82) is 0 Å². The van der Waals surface area contributed by atoms with Crippen LogP contribution in [0.3, 0.4) is 0 Å². The molecule has 1 aromatic heterocycles. The number of carbonyl (C=O) groups excluding carboxylic acids is 1. The number of rotatable bonds is 8. The number of hydrogen-bond donors (Lipinski definition) is 1. The number of nitrogens with one attached hydrogen (secondary N) is 1. The summed E-state index contributed by atoms with van der Waals surface area (Å²) in [4.78, 5) is 12.2. The summed E-state index contributed by atoms with van der Waals surface area (Å²) in [5, 5.41) is 6.47. The van der Waals surface area contributed by atoms with Crippen molar-refractivity contribution in [2.45, 2.75) is 38.4 Å². The lowest BCUT2D eigenvalue weighted by Gasteiger charge is -2.14. The normalized spacial score (nSPS) is 13.7. The standard InChI is InChI=1S/C22H26F3N3O4/c1-30-17-12-14(13-18(31-2)20(17)32-3)8-9-19(29)26-10-11-28-16-7-5-4-6-15(16)21(27-28)22(23,24)25/h8-9,12-13H,4-7,10-11H2,1-3H3,(H,26,29)/b9-8+. The first-order valence-electron chi connectivity index (χ1n) is 10.2. The number of hydrogen-bond acceptors (Lipinski definition) is 5. The zero-order chi connectivity index (χ0) is 23.3. The van der Waals surface area contributed by atoms with E-state index < -0.39 is 11.9 Å². The Morgan fingerprint density at radius 3 is 2.38 bits per heavy atom. The summed E-state index contributed by atoms with van der Waals surface area (Å²) in [5.41, 5.74) is 0.759. The molecule has 10 heteroatoms. The van der Waals surface area contributed by atoms with E-state index in [1.54, 1.807) is 18.2 Å². The Morgan fingerprint density at radius 1 is 1.12 bits per heavy atom. The van der Waals surface area contributed by atoms with E-state index in [2.05, 4.69) is 10.4 Å². The van der Waals surface area contributed by atoms with Crippen LogP contribution >= 0.6 is 0 Å². The van der Waals surface area contributed by atoms with Crippen LogP contribution in [0.4, 0.5) is 13.2 Å². The highest BCUT2D eigenvalue weighted by Gasteiger charge is 2.39. The lowest BCUT2D eigenvalue weighted by molar-refractivity contribution is -0.142. The molecule has 1 aliphatic rings. The first-order valence-corrected chi connectivity index (χ1v) is 10.2. The third-order valence-corrected chi connectivity index (χ3v) is 5.26. The lowest BCUT2D eigenvalue weighted by atomic mass is 9.95. The summed E-state index contributed by atoms with van der Waals surface area (Å²) in [6.07, 6.45) is 0.947. The van der Waals surface area contributed by atoms with Gasteiger partial charge in [0.15, 0.2) is 17.2 Å². The fourth-order valence-electron chi connectivity index (χ4n) is 3.80. The van der Waals surface area contributed by atoms with Crippen molar-refractivity contribution in [3.8, 4) is 17.2 Å². The van der Waals surface area contributed by atoms with Crippen molar-refractivity contribution in [3.63, 3.8) is 0 Å². The number of amides is 1. The molecule has 1 amide bonds. The van der Waals surface area contributed by atoms with Gasteiger partial charge in [-0.25, -0.2) is 0 Å². The first-order chi connectivity index (χ1) is 15.3. The minimum absolute atomic E-state index is 0.157. The van der Waals surface area contributed by atoms with E-state index >= 15 is 0 Å². The molecule has 174 valence electrons. The number of nitrogens with zero attached hydrogens (tertiary/aromatic N) is 2. The molecule has 0 atom stereocenters. The van der Waals surface area contributed by atoms with Gasteiger partial charge in [-0.1, -0.05) is 0 Å². The van der Waals surface area contributed by atoms with Crippen LogP contribution < -0.4 is 19.5 Å². The fraction of sp³-hybridized carbons (Fsp3) is 0.455. The minimum Gasteiger partial charge on any atom is -0.493 e. The molecule has 0 unspecified atom stereocenters. The Morgan fingerprint density at radius 2 is 1.78 bits per heavy atom. The second-order valence-corrected chi connectivity index (χ2v) is 7.28. The van der Waals surface area contributed by atoms with Crippen molar-refractivity contribution >= 4 is 12.0 Å². The van der Waals surface area contributed by atoms with Gasteiger partial charge in [-0.3, -0.25) is 9.48 Å². The summed E-state index contributed by atoms with van der Waals surface area (Å²) in [6.45, 7) is 0.325. The van der Waals surface area contributed by atoms with Gasteiger partial charge < -0.3 is 19.5 Å². The summed E-state index contributed by atoms with van der Waals surface area (Å²) >= 11 is 0. The van der Waals surface area contributed by atoms with Crippen LogP contribution in [-0.4, -0.2) is 43.6 Å². The maximum atomic E-state index is 13.3. The largest absolute Gasteiger partial charge is 0.493 e. The number of ether oxygens (including phenoxy) is 3. The molecule has 2 aromatic rings. The van der Waals surface area contributed by atoms with Gasteiger partial charge in [0.1, 0.15) is 0 Å². The number of carbonyl (C=O) groups is 1. The molecule has 32 heavy (non-hydrogen) atoms. The van der Waals surface area contributed by atoms with Crippen molar-refractivity contribution in [1.82, 2.24) is 15.1 Å². The monoisotopic (exact) mass is 453 g/mol. The molecule has 0 fully saturated rings. The van der Waals surface area contributed by atoms with Crippen molar-refractivity contribution in [3.05, 3.63) is 40.7 Å². The quantitative estimate of drug-likeness (QED) is 0.618. The van der Waals surface area contributed by atoms with Gasteiger partial charge in [-0.2, -0.15) is 18.3 Å². The van der Waals surface area contributed by atoms with Crippen LogP contribution in [0.2, 0.25) is 0 Å². The minimum atomic E-state index is -4.47. The van der Waals surface area contributed by atoms with E-state index in [1.165, 1.54) is 32.1 Å². The van der Waals surface area contributed by atoms with Crippen molar-refractivity contribution in [2.75, 3.05) is 27.9 Å². The predicted octanol–water partition coefficient (Wildman–Crippen LogP) is 3.64. The number of halogens is 3. The zero-order valence-electron chi connectivity index (χ0n) is 18.2. The van der Waals surface area contributed by atoms with Gasteiger partial charge in [0.2, 0.25) is 11.7 Å². The second kappa shape index (κ2) is 9.97. The van der Waals surface area contributed by atoms with Crippen LogP contribution in [0.1, 0.15) is 35.4 Å². The molecule has 1 aromatic carbocycles. The average Bonchev–Trinajstić information content (AvgIpc) is 3.16. The molecule has 7 nitrogen and oxygen atoms in total. The highest BCUT2D eigenvalue weighted by molar-refractivity contribution is 5.91. The second-order valence-electron chi connectivity index (χ2n) is 7.28. The van der Waals surface area contributed by atoms with E-state index in [9.17, 15) is 18.0 Å². The molecule has 0 aliphatic heterocycles. The zero-order valence-corrected chi connectivity index (χ0v) is 18.2. The van der Waals surface area contributed by atoms with Crippen molar-refractivity contribution in [2.24, 2.45) is 0 Å². The molecule has 0 saturated carbocycles. The number of methoxy groups -OCH3 is 3. The topological polar surface area (TPSA) is 74.6 Å². The SMILES string of the molecule is COc1cc(/C=C/C(=O)NCCn2nc(C(F)(F)F)c3c2CCCC3)cc(OC)c1OC. The van der Waals surface area contributed by atoms with E-state index in [0.717, 1.165) is 12.8 Å². The Bertz CT molecular complexity index is 974. The van der Waals surface area contributed by atoms with Crippen LogP contribution in [0, 0.1) is 0 Å². The highest BCUT2D eigenvalue weighted by atomic mass is 19.4. The first kappa shape index (κ1) is 23.5. The van der Waals surface area contributed by atoms with Gasteiger partial charge in [0.25, 0.3) is 0 Å². The Kier molecular flexibility index (Phi) is 7.32. The van der Waals surface area contributed by atoms with Gasteiger partial charge >= 0.3 is 6.18 Å². The van der Waals surface area contributed by atoms with Crippen LogP contribution in [-0.2, 0) is 30.4 Å². The maximum absolute atomic E-state index is 13.3. The molecule has 0 bridgehead atoms. The smallest absolute Gasteiger partial charge is 0.435 e. The van der Waals surface area contributed by atoms with E-state index in [-0.39, 0.29) is 24.6 Å². The fourth-order valence-corrected chi connectivity index (χ4v) is 3.80. The molecule has 1 N–H and O–H groups in total. The molecule has 0 spiro atoms. The van der Waals surface area contributed by atoms with Gasteiger partial charge in [-0.05, 0) is 49.5 Å². The Labute approximate surface area is 184 Å². The molecule has 1 aliphatic carbocycles. The van der Waals surface area contributed by atoms with E-state index in [0.29, 0.717) is 41.3 Å². The molecule has 3 rings (SSSR count). The number of alkyl halides is 3. The Hall–Kier alpha value is -3.17. The van der Waals surface area contributed by atoms with Gasteiger partial charge in [0, 0.05) is 23.9 Å². The van der Waals surface area contributed by atoms with Crippen LogP contribution in [0.25, 0.3) is 6.08 Å². The van der Waals surface area contributed by atoms with E-state index in [4.69, 9.17) is 14.2 Å². The van der Waals surface area contributed by atoms with Gasteiger partial charge in [-0.15, -0.1) is 0 Å². The highest BCUT2D eigenvalue weighted by Crippen LogP contribution is 2.38. The van der Waals surface area contributed by atoms with Crippen molar-refractivity contribution < 1.29 is 32.2 Å². The molecular weight excluding hydrogens is 427 g/mol. The number of fused-ring (bicyclic) bond motifs is 1. The van der Waals surface area contributed by atoms with Gasteiger partial charge in [0.05, 0.1) is 27.9 Å².